The van der Waals surface area contributed by atoms with E-state index in [2.05, 4.69) is 54.9 Å². The van der Waals surface area contributed by atoms with Crippen molar-refractivity contribution in [2.24, 2.45) is 5.73 Å². The summed E-state index contributed by atoms with van der Waals surface area (Å²) in [7, 11) is 0. The Labute approximate surface area is 135 Å². The highest BCUT2D eigenvalue weighted by molar-refractivity contribution is 9.10. The van der Waals surface area contributed by atoms with Crippen LogP contribution in [0.4, 0.5) is 0 Å². The zero-order chi connectivity index (χ0) is 15.5. The van der Waals surface area contributed by atoms with Gasteiger partial charge in [-0.25, -0.2) is 0 Å². The minimum Gasteiger partial charge on any atom is -0.457 e. The maximum absolute atomic E-state index is 5.97. The molecule has 2 N–H and O–H groups in total. The Morgan fingerprint density at radius 3 is 2.38 bits per heavy atom. The predicted octanol–water partition coefficient (Wildman–Crippen LogP) is 5.04. The quantitative estimate of drug-likeness (QED) is 0.840. The molecular weight excluding hydrogens is 326 g/mol. The maximum Gasteiger partial charge on any atom is 0.128 e. The molecule has 0 radical (unpaired) electrons. The lowest BCUT2D eigenvalue weighted by atomic mass is 9.87. The second kappa shape index (κ2) is 6.63. The summed E-state index contributed by atoms with van der Waals surface area (Å²) in [6, 6.07) is 14.3. The van der Waals surface area contributed by atoms with E-state index in [4.69, 9.17) is 10.5 Å². The SMILES string of the molecule is CC(C)(C)c1cccc(Oc2ccc(CCN)c(Br)c2)c1. The average molecular weight is 348 g/mol. The predicted molar refractivity (Wildman–Crippen MR) is 92.1 cm³/mol. The Kier molecular flexibility index (Phi) is 5.07. The molecule has 0 aliphatic rings. The monoisotopic (exact) mass is 347 g/mol. The number of hydrogen-bond acceptors (Lipinski definition) is 2. The van der Waals surface area contributed by atoms with Gasteiger partial charge in [0.05, 0.1) is 0 Å². The minimum absolute atomic E-state index is 0.116. The lowest BCUT2D eigenvalue weighted by molar-refractivity contribution is 0.478. The van der Waals surface area contributed by atoms with E-state index in [0.29, 0.717) is 6.54 Å². The molecule has 0 heterocycles. The summed E-state index contributed by atoms with van der Waals surface area (Å²) in [6.45, 7) is 7.24. The van der Waals surface area contributed by atoms with Gasteiger partial charge in [0.25, 0.3) is 0 Å². The van der Waals surface area contributed by atoms with Crippen LogP contribution in [0.25, 0.3) is 0 Å². The van der Waals surface area contributed by atoms with Gasteiger partial charge in [-0.05, 0) is 53.8 Å². The van der Waals surface area contributed by atoms with E-state index in [0.717, 1.165) is 22.4 Å². The number of hydrogen-bond donors (Lipinski definition) is 1. The highest BCUT2D eigenvalue weighted by atomic mass is 79.9. The van der Waals surface area contributed by atoms with Gasteiger partial charge < -0.3 is 10.5 Å². The van der Waals surface area contributed by atoms with Gasteiger partial charge in [0.15, 0.2) is 0 Å². The zero-order valence-corrected chi connectivity index (χ0v) is 14.4. The molecule has 21 heavy (non-hydrogen) atoms. The highest BCUT2D eigenvalue weighted by Gasteiger charge is 2.14. The number of rotatable bonds is 4. The van der Waals surface area contributed by atoms with Gasteiger partial charge in [0.1, 0.15) is 11.5 Å². The molecule has 0 saturated heterocycles. The van der Waals surface area contributed by atoms with Crippen LogP contribution in [0, 0.1) is 0 Å². The van der Waals surface area contributed by atoms with Crippen molar-refractivity contribution in [2.45, 2.75) is 32.6 Å². The summed E-state index contributed by atoms with van der Waals surface area (Å²) in [4.78, 5) is 0. The smallest absolute Gasteiger partial charge is 0.128 e. The molecule has 3 heteroatoms. The lowest BCUT2D eigenvalue weighted by Gasteiger charge is -2.19. The number of halogens is 1. The zero-order valence-electron chi connectivity index (χ0n) is 12.8. The Morgan fingerprint density at radius 1 is 1.05 bits per heavy atom. The van der Waals surface area contributed by atoms with Gasteiger partial charge in [-0.3, -0.25) is 0 Å². The van der Waals surface area contributed by atoms with Gasteiger partial charge in [0.2, 0.25) is 0 Å². The standard InChI is InChI=1S/C18H22BrNO/c1-18(2,3)14-5-4-6-15(11-14)21-16-8-7-13(9-10-20)17(19)12-16/h4-8,11-12H,9-10,20H2,1-3H3. The first-order valence-corrected chi connectivity index (χ1v) is 7.96. The Balaban J connectivity index is 2.20. The van der Waals surface area contributed by atoms with Gasteiger partial charge in [0, 0.05) is 4.47 Å². The first-order chi connectivity index (χ1) is 9.90. The summed E-state index contributed by atoms with van der Waals surface area (Å²) < 4.78 is 7.01. The molecule has 0 saturated carbocycles. The third-order valence-corrected chi connectivity index (χ3v) is 4.11. The van der Waals surface area contributed by atoms with Crippen LogP contribution >= 0.6 is 15.9 Å². The molecule has 0 atom stereocenters. The summed E-state index contributed by atoms with van der Waals surface area (Å²) in [5, 5.41) is 0. The molecular formula is C18H22BrNO. The van der Waals surface area contributed by atoms with E-state index in [9.17, 15) is 0 Å². The fourth-order valence-electron chi connectivity index (χ4n) is 2.11. The van der Waals surface area contributed by atoms with Crippen molar-refractivity contribution in [1.82, 2.24) is 0 Å². The third-order valence-electron chi connectivity index (χ3n) is 3.37. The van der Waals surface area contributed by atoms with E-state index in [-0.39, 0.29) is 5.41 Å². The van der Waals surface area contributed by atoms with Gasteiger partial charge in [-0.2, -0.15) is 0 Å². The van der Waals surface area contributed by atoms with E-state index >= 15 is 0 Å². The van der Waals surface area contributed by atoms with Gasteiger partial charge in [-0.1, -0.05) is 54.9 Å². The Hall–Kier alpha value is -1.32. The molecule has 2 nitrogen and oxygen atoms in total. The maximum atomic E-state index is 5.97. The molecule has 2 aromatic carbocycles. The lowest BCUT2D eigenvalue weighted by Crippen LogP contribution is -2.10. The second-order valence-corrected chi connectivity index (χ2v) is 7.03. The van der Waals surface area contributed by atoms with Crippen molar-refractivity contribution in [3.8, 4) is 11.5 Å². The number of ether oxygens (including phenoxy) is 1. The molecule has 112 valence electrons. The summed E-state index contributed by atoms with van der Waals surface area (Å²) >= 11 is 3.57. The van der Waals surface area contributed by atoms with Crippen LogP contribution in [0.15, 0.2) is 46.9 Å². The van der Waals surface area contributed by atoms with Crippen molar-refractivity contribution < 1.29 is 4.74 Å². The highest BCUT2D eigenvalue weighted by Crippen LogP contribution is 2.30. The van der Waals surface area contributed by atoms with Gasteiger partial charge >= 0.3 is 0 Å². The first kappa shape index (κ1) is 16.1. The van der Waals surface area contributed by atoms with Crippen LogP contribution < -0.4 is 10.5 Å². The molecule has 2 aromatic rings. The van der Waals surface area contributed by atoms with E-state index < -0.39 is 0 Å². The van der Waals surface area contributed by atoms with Crippen LogP contribution in [0.1, 0.15) is 31.9 Å². The fraction of sp³-hybridized carbons (Fsp3) is 0.333. The van der Waals surface area contributed by atoms with Crippen molar-refractivity contribution in [1.29, 1.82) is 0 Å². The largest absolute Gasteiger partial charge is 0.457 e. The van der Waals surface area contributed by atoms with Crippen LogP contribution in [-0.2, 0) is 11.8 Å². The summed E-state index contributed by atoms with van der Waals surface area (Å²) in [6.07, 6.45) is 0.861. The molecule has 0 unspecified atom stereocenters. The Bertz CT molecular complexity index is 617. The third kappa shape index (κ3) is 4.32. The molecule has 0 bridgehead atoms. The molecule has 0 aliphatic carbocycles. The van der Waals surface area contributed by atoms with Crippen LogP contribution in [0.3, 0.4) is 0 Å². The topological polar surface area (TPSA) is 35.2 Å². The van der Waals surface area contributed by atoms with E-state index in [1.807, 2.05) is 24.3 Å². The second-order valence-electron chi connectivity index (χ2n) is 6.17. The Morgan fingerprint density at radius 2 is 1.76 bits per heavy atom. The summed E-state index contributed by atoms with van der Waals surface area (Å²) in [5.41, 5.74) is 8.18. The average Bonchev–Trinajstić information content (AvgIpc) is 2.41. The van der Waals surface area contributed by atoms with Crippen molar-refractivity contribution in [3.63, 3.8) is 0 Å². The van der Waals surface area contributed by atoms with Crippen molar-refractivity contribution >= 4 is 15.9 Å². The molecule has 0 aliphatic heterocycles. The normalized spacial score (nSPS) is 11.5. The molecule has 2 rings (SSSR count). The van der Waals surface area contributed by atoms with Crippen LogP contribution in [-0.4, -0.2) is 6.54 Å². The van der Waals surface area contributed by atoms with Crippen LogP contribution in [0.5, 0.6) is 11.5 Å². The van der Waals surface area contributed by atoms with E-state index in [1.54, 1.807) is 0 Å². The van der Waals surface area contributed by atoms with Gasteiger partial charge in [-0.15, -0.1) is 0 Å². The molecule has 0 spiro atoms. The number of nitrogens with two attached hydrogens (primary N) is 1. The molecule has 0 amide bonds. The van der Waals surface area contributed by atoms with Crippen molar-refractivity contribution in [3.05, 3.63) is 58.1 Å². The summed E-state index contributed by atoms with van der Waals surface area (Å²) in [5.74, 6) is 1.69. The first-order valence-electron chi connectivity index (χ1n) is 7.17. The number of benzene rings is 2. The molecule has 0 fully saturated rings. The fourth-order valence-corrected chi connectivity index (χ4v) is 2.67. The van der Waals surface area contributed by atoms with Crippen molar-refractivity contribution in [2.75, 3.05) is 6.54 Å². The van der Waals surface area contributed by atoms with E-state index in [1.165, 1.54) is 11.1 Å². The molecule has 0 aromatic heterocycles. The minimum atomic E-state index is 0.116. The van der Waals surface area contributed by atoms with Crippen LogP contribution in [0.2, 0.25) is 0 Å².